The Balaban J connectivity index is 1.71. The van der Waals surface area contributed by atoms with Crippen molar-refractivity contribution in [3.63, 3.8) is 0 Å². The minimum absolute atomic E-state index is 0.0489. The molecule has 1 unspecified atom stereocenters. The topological polar surface area (TPSA) is 65.1 Å². The number of halogens is 3. The highest BCUT2D eigenvalue weighted by molar-refractivity contribution is 5.71. The Morgan fingerprint density at radius 1 is 1.23 bits per heavy atom. The van der Waals surface area contributed by atoms with E-state index in [1.807, 2.05) is 26.0 Å². The van der Waals surface area contributed by atoms with Gasteiger partial charge in [0.05, 0.1) is 24.4 Å². The molecule has 2 aliphatic heterocycles. The van der Waals surface area contributed by atoms with Gasteiger partial charge in [0.15, 0.2) is 0 Å². The highest BCUT2D eigenvalue weighted by Crippen LogP contribution is 2.45. The number of benzene rings is 1. The molecule has 1 amide bonds. The molecule has 1 aromatic rings. The summed E-state index contributed by atoms with van der Waals surface area (Å²) in [5, 5.41) is 14.6. The number of cyclic esters (lactones) is 1. The molecular weight excluding hydrogens is 509 g/mol. The third-order valence-electron chi connectivity index (χ3n) is 8.04. The van der Waals surface area contributed by atoms with E-state index in [-0.39, 0.29) is 23.9 Å². The van der Waals surface area contributed by atoms with E-state index in [1.54, 1.807) is 24.8 Å². The first kappa shape index (κ1) is 29.1. The number of hydroxylamine groups is 2. The number of hydrogen-bond acceptors (Lipinski definition) is 5. The standard InChI is InChI=1S/C30H38F3N2O4/c1-17(2)24-8-9-25(38-7)26(35(24)37)23-10-11-29(5,6)15-21(23)16-34-19(4)27(39-28(34)36)20-12-18(3)13-22(14-20)30(31,32)33/h8-9,12-14,17,19,24,27H,10-11,15-16H2,1-7H3/q-1/t19-,24?,27-/m0/s1. The fourth-order valence-corrected chi connectivity index (χ4v) is 5.90. The van der Waals surface area contributed by atoms with Crippen molar-refractivity contribution in [1.82, 2.24) is 9.96 Å². The summed E-state index contributed by atoms with van der Waals surface area (Å²) >= 11 is 0. The van der Waals surface area contributed by atoms with Crippen LogP contribution in [0, 0.1) is 23.5 Å². The highest BCUT2D eigenvalue weighted by Gasteiger charge is 2.43. The van der Waals surface area contributed by atoms with Gasteiger partial charge in [-0.1, -0.05) is 45.4 Å². The summed E-state index contributed by atoms with van der Waals surface area (Å²) in [5.41, 5.74) is 2.25. The van der Waals surface area contributed by atoms with Crippen molar-refractivity contribution in [3.8, 4) is 0 Å². The molecule has 0 spiro atoms. The smallest absolute Gasteiger partial charge is 0.416 e. The average molecular weight is 548 g/mol. The lowest BCUT2D eigenvalue weighted by Gasteiger charge is -2.47. The number of rotatable bonds is 6. The van der Waals surface area contributed by atoms with Crippen LogP contribution in [0.3, 0.4) is 0 Å². The van der Waals surface area contributed by atoms with E-state index in [0.29, 0.717) is 35.4 Å². The quantitative estimate of drug-likeness (QED) is 0.366. The number of alkyl halides is 3. The predicted molar refractivity (Wildman–Crippen MR) is 143 cm³/mol. The number of carbonyl (C=O) groups excluding carboxylic acids is 1. The van der Waals surface area contributed by atoms with Crippen LogP contribution in [0.1, 0.15) is 76.7 Å². The van der Waals surface area contributed by atoms with Crippen molar-refractivity contribution in [2.45, 2.75) is 85.2 Å². The minimum atomic E-state index is -4.50. The zero-order chi connectivity index (χ0) is 28.9. The summed E-state index contributed by atoms with van der Waals surface area (Å²) in [6, 6.07) is 2.93. The van der Waals surface area contributed by atoms with Gasteiger partial charge in [0, 0.05) is 12.6 Å². The summed E-state index contributed by atoms with van der Waals surface area (Å²) < 4.78 is 51.7. The van der Waals surface area contributed by atoms with E-state index >= 15 is 0 Å². The SMILES string of the molecule is COC1=C(C2=C(CN3C(=O)O[C@H](c4cc(C)cc(C(F)(F)F)c4)[C@@H]3C)CC(C)(C)CC2)N([O-])C(C(C)C)C=C1. The van der Waals surface area contributed by atoms with Crippen molar-refractivity contribution in [1.29, 1.82) is 0 Å². The number of amides is 1. The largest absolute Gasteiger partial charge is 0.758 e. The Morgan fingerprint density at radius 3 is 2.54 bits per heavy atom. The molecule has 0 N–H and O–H groups in total. The highest BCUT2D eigenvalue weighted by atomic mass is 19.4. The number of ether oxygens (including phenoxy) is 2. The molecule has 39 heavy (non-hydrogen) atoms. The van der Waals surface area contributed by atoms with E-state index in [1.165, 1.54) is 7.11 Å². The first-order chi connectivity index (χ1) is 18.1. The third kappa shape index (κ3) is 5.83. The van der Waals surface area contributed by atoms with Gasteiger partial charge in [0.2, 0.25) is 0 Å². The second-order valence-electron chi connectivity index (χ2n) is 12.1. The maximum atomic E-state index is 13.6. The van der Waals surface area contributed by atoms with Crippen molar-refractivity contribution in [3.05, 3.63) is 74.9 Å². The monoisotopic (exact) mass is 547 g/mol. The molecule has 6 nitrogen and oxygen atoms in total. The third-order valence-corrected chi connectivity index (χ3v) is 8.04. The van der Waals surface area contributed by atoms with E-state index in [0.717, 1.165) is 34.8 Å². The molecule has 0 aromatic heterocycles. The number of carbonyl (C=O) groups is 1. The lowest BCUT2D eigenvalue weighted by molar-refractivity contribution is -0.137. The van der Waals surface area contributed by atoms with E-state index in [4.69, 9.17) is 9.47 Å². The second kappa shape index (κ2) is 10.6. The van der Waals surface area contributed by atoms with Gasteiger partial charge < -0.3 is 19.7 Å². The fraction of sp³-hybridized carbons (Fsp3) is 0.567. The van der Waals surface area contributed by atoms with Crippen LogP contribution < -0.4 is 0 Å². The molecule has 2 heterocycles. The van der Waals surface area contributed by atoms with Gasteiger partial charge in [0.1, 0.15) is 11.9 Å². The number of nitrogens with zero attached hydrogens (tertiary/aromatic N) is 2. The Kier molecular flexibility index (Phi) is 7.87. The molecule has 3 atom stereocenters. The van der Waals surface area contributed by atoms with Crippen LogP contribution in [-0.4, -0.2) is 41.8 Å². The molecule has 1 aliphatic carbocycles. The van der Waals surface area contributed by atoms with Gasteiger partial charge in [-0.15, -0.1) is 0 Å². The average Bonchev–Trinajstić information content (AvgIpc) is 3.11. The molecule has 214 valence electrons. The van der Waals surface area contributed by atoms with Crippen LogP contribution in [0.5, 0.6) is 0 Å². The molecule has 4 rings (SSSR count). The molecule has 1 saturated heterocycles. The maximum Gasteiger partial charge on any atom is 0.416 e. The zero-order valence-corrected chi connectivity index (χ0v) is 23.7. The van der Waals surface area contributed by atoms with Gasteiger partial charge in [-0.25, -0.2) is 4.79 Å². The lowest BCUT2D eigenvalue weighted by Crippen LogP contribution is -2.39. The number of hydrogen-bond donors (Lipinski definition) is 0. The first-order valence-corrected chi connectivity index (χ1v) is 13.4. The Bertz CT molecular complexity index is 1220. The minimum Gasteiger partial charge on any atom is -0.758 e. The van der Waals surface area contributed by atoms with Gasteiger partial charge >= 0.3 is 12.3 Å². The Morgan fingerprint density at radius 2 is 1.92 bits per heavy atom. The molecule has 0 radical (unpaired) electrons. The number of allylic oxidation sites excluding steroid dienone is 2. The van der Waals surface area contributed by atoms with Crippen molar-refractivity contribution >= 4 is 6.09 Å². The molecular formula is C30H38F3N2O4-. The van der Waals surface area contributed by atoms with E-state index in [2.05, 4.69) is 13.8 Å². The Labute approximate surface area is 228 Å². The summed E-state index contributed by atoms with van der Waals surface area (Å²) in [6.45, 7) is 11.9. The summed E-state index contributed by atoms with van der Waals surface area (Å²) in [5.74, 6) is 0.574. The van der Waals surface area contributed by atoms with Gasteiger partial charge in [-0.05, 0) is 79.4 Å². The van der Waals surface area contributed by atoms with E-state index < -0.39 is 30.0 Å². The maximum absolute atomic E-state index is 13.6. The first-order valence-electron chi connectivity index (χ1n) is 13.4. The van der Waals surface area contributed by atoms with Crippen LogP contribution in [0.4, 0.5) is 18.0 Å². The van der Waals surface area contributed by atoms with Crippen LogP contribution in [0.15, 0.2) is 53.0 Å². The van der Waals surface area contributed by atoms with Gasteiger partial charge in [-0.2, -0.15) is 13.2 Å². The van der Waals surface area contributed by atoms with Crippen molar-refractivity contribution < 1.29 is 27.4 Å². The molecule has 0 saturated carbocycles. The molecule has 1 fully saturated rings. The number of aryl methyl sites for hydroxylation is 1. The predicted octanol–water partition coefficient (Wildman–Crippen LogP) is 7.65. The van der Waals surface area contributed by atoms with Crippen molar-refractivity contribution in [2.24, 2.45) is 11.3 Å². The molecule has 9 heteroatoms. The van der Waals surface area contributed by atoms with Gasteiger partial charge in [0.25, 0.3) is 0 Å². The number of methoxy groups -OCH3 is 1. The zero-order valence-electron chi connectivity index (χ0n) is 23.7. The normalized spacial score (nSPS) is 25.6. The fourth-order valence-electron chi connectivity index (χ4n) is 5.90. The summed E-state index contributed by atoms with van der Waals surface area (Å²) in [4.78, 5) is 14.7. The van der Waals surface area contributed by atoms with Crippen molar-refractivity contribution in [2.75, 3.05) is 13.7 Å². The lowest BCUT2D eigenvalue weighted by atomic mass is 9.73. The molecule has 0 bridgehead atoms. The summed E-state index contributed by atoms with van der Waals surface area (Å²) in [7, 11) is 1.54. The van der Waals surface area contributed by atoms with E-state index in [9.17, 15) is 23.2 Å². The molecule has 1 aromatic carbocycles. The Hall–Kier alpha value is -2.94. The second-order valence-corrected chi connectivity index (χ2v) is 12.1. The van der Waals surface area contributed by atoms with Crippen LogP contribution >= 0.6 is 0 Å². The van der Waals surface area contributed by atoms with Gasteiger partial charge in [-0.3, -0.25) is 4.90 Å². The molecule has 3 aliphatic rings. The van der Waals surface area contributed by atoms with Crippen LogP contribution in [0.2, 0.25) is 0 Å². The van der Waals surface area contributed by atoms with Crippen LogP contribution in [-0.2, 0) is 15.7 Å². The van der Waals surface area contributed by atoms with Crippen LogP contribution in [0.25, 0.3) is 0 Å². The summed E-state index contributed by atoms with van der Waals surface area (Å²) in [6.07, 6.45) is -0.0486.